The number of benzene rings is 1. The Hall–Kier alpha value is -3.89. The maximum atomic E-state index is 13.2. The maximum Gasteiger partial charge on any atom is 0.416 e. The van der Waals surface area contributed by atoms with Gasteiger partial charge >= 0.3 is 6.18 Å². The number of rotatable bonds is 1. The van der Waals surface area contributed by atoms with Crippen molar-refractivity contribution in [1.29, 1.82) is 0 Å². The molecule has 4 aromatic rings. The van der Waals surface area contributed by atoms with E-state index in [-0.39, 0.29) is 36.1 Å². The molecule has 0 bridgehead atoms. The Labute approximate surface area is 186 Å². The normalized spacial score (nSPS) is 13.3. The summed E-state index contributed by atoms with van der Waals surface area (Å²) in [5.74, 6) is 0.484. The predicted octanol–water partition coefficient (Wildman–Crippen LogP) is 4.25. The first kappa shape index (κ1) is 22.3. The van der Waals surface area contributed by atoms with Gasteiger partial charge in [0.25, 0.3) is 5.91 Å². The molecule has 0 saturated heterocycles. The molecule has 0 radical (unpaired) electrons. The van der Waals surface area contributed by atoms with Gasteiger partial charge in [-0.2, -0.15) is 13.2 Å². The van der Waals surface area contributed by atoms with Crippen LogP contribution in [0.15, 0.2) is 36.7 Å². The first-order chi connectivity index (χ1) is 15.7. The molecule has 3 aromatic heterocycles. The van der Waals surface area contributed by atoms with E-state index < -0.39 is 17.6 Å². The number of nitrogens with zero attached hydrogens (tertiary/aromatic N) is 5. The van der Waals surface area contributed by atoms with Crippen molar-refractivity contribution in [3.8, 4) is 5.75 Å². The van der Waals surface area contributed by atoms with Gasteiger partial charge in [-0.3, -0.25) is 9.20 Å². The highest BCUT2D eigenvalue weighted by molar-refractivity contribution is 6.07. The van der Waals surface area contributed by atoms with Crippen molar-refractivity contribution >= 4 is 34.0 Å². The third kappa shape index (κ3) is 3.79. The van der Waals surface area contributed by atoms with Crippen LogP contribution < -0.4 is 15.4 Å². The lowest BCUT2D eigenvalue weighted by atomic mass is 10.1. The topological polar surface area (TPSA) is 98.6 Å². The summed E-state index contributed by atoms with van der Waals surface area (Å²) >= 11 is 0. The molecule has 1 aliphatic rings. The highest BCUT2D eigenvalue weighted by Crippen LogP contribution is 2.38. The van der Waals surface area contributed by atoms with Gasteiger partial charge in [-0.25, -0.2) is 15.0 Å². The van der Waals surface area contributed by atoms with E-state index >= 15 is 0 Å². The fraction of sp³-hybridized carbons (Fsp3) is 0.273. The number of amides is 1. The maximum absolute atomic E-state index is 13.2. The van der Waals surface area contributed by atoms with Gasteiger partial charge in [0, 0.05) is 0 Å². The highest BCUT2D eigenvalue weighted by Gasteiger charge is 2.33. The number of carbonyl (C=O) groups excluding carboxylic acids is 1. The Balaban J connectivity index is 0.00000126. The van der Waals surface area contributed by atoms with E-state index in [1.54, 1.807) is 23.6 Å². The molecule has 172 valence electrons. The molecule has 0 unspecified atom stereocenters. The zero-order valence-corrected chi connectivity index (χ0v) is 18.1. The quantitative estimate of drug-likeness (QED) is 0.458. The monoisotopic (exact) mass is 458 g/mol. The van der Waals surface area contributed by atoms with Gasteiger partial charge in [-0.1, -0.05) is 13.8 Å². The van der Waals surface area contributed by atoms with Gasteiger partial charge in [0.1, 0.15) is 40.7 Å². The van der Waals surface area contributed by atoms with Gasteiger partial charge in [-0.15, -0.1) is 0 Å². The van der Waals surface area contributed by atoms with Crippen LogP contribution >= 0.6 is 0 Å². The molecule has 8 nitrogen and oxygen atoms in total. The molecule has 2 N–H and O–H groups in total. The molecular formula is C22H21F3N6O2. The molecular weight excluding hydrogens is 437 g/mol. The Morgan fingerprint density at radius 3 is 2.61 bits per heavy atom. The van der Waals surface area contributed by atoms with Crippen LogP contribution in [-0.4, -0.2) is 38.4 Å². The van der Waals surface area contributed by atoms with Crippen LogP contribution in [0.5, 0.6) is 5.75 Å². The number of nitrogens with two attached hydrogens (primary N) is 1. The number of aryl methyl sites for hydroxylation is 1. The molecule has 1 aliphatic heterocycles. The lowest BCUT2D eigenvalue weighted by Crippen LogP contribution is -2.38. The van der Waals surface area contributed by atoms with Crippen molar-refractivity contribution < 1.29 is 22.7 Å². The summed E-state index contributed by atoms with van der Waals surface area (Å²) in [6, 6.07) is 4.63. The molecule has 0 spiro atoms. The van der Waals surface area contributed by atoms with E-state index in [0.717, 1.165) is 12.1 Å². The first-order valence-corrected chi connectivity index (χ1v) is 10.3. The number of anilines is 2. The fourth-order valence-electron chi connectivity index (χ4n) is 3.68. The number of hydrogen-bond donors (Lipinski definition) is 1. The smallest absolute Gasteiger partial charge is 0.416 e. The number of alkyl halides is 3. The van der Waals surface area contributed by atoms with Crippen molar-refractivity contribution in [3.63, 3.8) is 0 Å². The molecule has 0 atom stereocenters. The Morgan fingerprint density at radius 2 is 1.88 bits per heavy atom. The summed E-state index contributed by atoms with van der Waals surface area (Å²) < 4.78 is 46.2. The van der Waals surface area contributed by atoms with Crippen LogP contribution in [0.3, 0.4) is 0 Å². The second-order valence-corrected chi connectivity index (χ2v) is 7.07. The van der Waals surface area contributed by atoms with Crippen LogP contribution in [0.25, 0.3) is 16.6 Å². The van der Waals surface area contributed by atoms with Crippen molar-refractivity contribution in [2.45, 2.75) is 26.9 Å². The average Bonchev–Trinajstić information content (AvgIpc) is 3.21. The number of carbonyl (C=O) groups is 1. The number of aromatic nitrogens is 4. The van der Waals surface area contributed by atoms with Crippen LogP contribution in [0, 0.1) is 6.92 Å². The summed E-state index contributed by atoms with van der Waals surface area (Å²) in [5.41, 5.74) is 7.19. The third-order valence-electron chi connectivity index (χ3n) is 5.16. The van der Waals surface area contributed by atoms with Gasteiger partial charge in [-0.05, 0) is 31.2 Å². The van der Waals surface area contributed by atoms with Crippen LogP contribution in [0.1, 0.15) is 35.7 Å². The lowest BCUT2D eigenvalue weighted by molar-refractivity contribution is -0.137. The zero-order valence-electron chi connectivity index (χ0n) is 18.1. The number of fused-ring (bicyclic) bond motifs is 4. The van der Waals surface area contributed by atoms with Gasteiger partial charge in [0.2, 0.25) is 0 Å². The molecule has 1 amide bonds. The second kappa shape index (κ2) is 8.23. The molecule has 33 heavy (non-hydrogen) atoms. The number of pyridine rings is 1. The van der Waals surface area contributed by atoms with Crippen LogP contribution in [0.4, 0.5) is 24.7 Å². The van der Waals surface area contributed by atoms with Crippen LogP contribution in [0.2, 0.25) is 0 Å². The van der Waals surface area contributed by atoms with Gasteiger partial charge < -0.3 is 15.4 Å². The third-order valence-corrected chi connectivity index (χ3v) is 5.16. The molecule has 4 heterocycles. The fourth-order valence-corrected chi connectivity index (χ4v) is 3.68. The molecule has 5 rings (SSSR count). The Kier molecular flexibility index (Phi) is 5.56. The van der Waals surface area contributed by atoms with Crippen molar-refractivity contribution in [1.82, 2.24) is 19.4 Å². The summed E-state index contributed by atoms with van der Waals surface area (Å²) in [7, 11) is 0. The Bertz CT molecular complexity index is 1370. The zero-order chi connectivity index (χ0) is 23.9. The minimum absolute atomic E-state index is 0.00232. The van der Waals surface area contributed by atoms with Crippen molar-refractivity contribution in [2.75, 3.05) is 23.8 Å². The molecule has 1 aromatic carbocycles. The van der Waals surface area contributed by atoms with Crippen molar-refractivity contribution in [2.24, 2.45) is 0 Å². The van der Waals surface area contributed by atoms with E-state index in [2.05, 4.69) is 15.0 Å². The van der Waals surface area contributed by atoms with Gasteiger partial charge in [0.15, 0.2) is 0 Å². The first-order valence-electron chi connectivity index (χ1n) is 10.3. The van der Waals surface area contributed by atoms with Gasteiger partial charge in [0.05, 0.1) is 35.7 Å². The average molecular weight is 458 g/mol. The number of hydrogen-bond acceptors (Lipinski definition) is 6. The molecule has 0 fully saturated rings. The van der Waals surface area contributed by atoms with E-state index in [4.69, 9.17) is 10.5 Å². The SMILES string of the molecule is CC.Cc1ncc2c(N)nc3cnc(C(=O)N4CCOc5cc(C(F)(F)F)ccc54)cc3n12. The second-order valence-electron chi connectivity index (χ2n) is 7.07. The minimum atomic E-state index is -4.51. The molecule has 11 heteroatoms. The van der Waals surface area contributed by atoms with Crippen LogP contribution in [-0.2, 0) is 6.18 Å². The van der Waals surface area contributed by atoms with E-state index in [1.807, 2.05) is 13.8 Å². The predicted molar refractivity (Wildman–Crippen MR) is 117 cm³/mol. The largest absolute Gasteiger partial charge is 0.490 e. The summed E-state index contributed by atoms with van der Waals surface area (Å²) in [4.78, 5) is 27.3. The summed E-state index contributed by atoms with van der Waals surface area (Å²) in [6.07, 6.45) is -1.48. The van der Waals surface area contributed by atoms with E-state index in [9.17, 15) is 18.0 Å². The van der Waals surface area contributed by atoms with Crippen molar-refractivity contribution in [3.05, 3.63) is 53.7 Å². The van der Waals surface area contributed by atoms with E-state index in [0.29, 0.717) is 22.4 Å². The number of imidazole rings is 1. The summed E-state index contributed by atoms with van der Waals surface area (Å²) in [5, 5.41) is 0. The molecule has 0 aliphatic carbocycles. The Morgan fingerprint density at radius 1 is 1.12 bits per heavy atom. The number of ether oxygens (including phenoxy) is 1. The highest BCUT2D eigenvalue weighted by atomic mass is 19.4. The number of halogens is 3. The standard InChI is InChI=1S/C20H15F3N6O2.C2H6/c1-10-25-9-16-18(24)27-13-8-26-12(7-15(13)29(10)16)19(30)28-4-5-31-17-6-11(20(21,22)23)2-3-14(17)28;1-2/h2-3,6-9H,4-5H2,1H3,(H2,24,27);1-2H3. The lowest BCUT2D eigenvalue weighted by Gasteiger charge is -2.29. The minimum Gasteiger partial charge on any atom is -0.490 e. The molecule has 0 saturated carbocycles. The summed E-state index contributed by atoms with van der Waals surface area (Å²) in [6.45, 7) is 6.04. The number of nitrogen functional groups attached to an aromatic ring is 1. The van der Waals surface area contributed by atoms with E-state index in [1.165, 1.54) is 17.2 Å².